The molecule has 0 radical (unpaired) electrons. The maximum absolute atomic E-state index is 6.11. The van der Waals surface area contributed by atoms with E-state index in [4.69, 9.17) is 10.5 Å². The minimum atomic E-state index is 0. The van der Waals surface area contributed by atoms with Crippen molar-refractivity contribution in [1.82, 2.24) is 0 Å². The number of rotatable bonds is 5. The highest BCUT2D eigenvalue weighted by Crippen LogP contribution is 2.33. The Morgan fingerprint density at radius 3 is 2.71 bits per heavy atom. The van der Waals surface area contributed by atoms with Crippen LogP contribution in [0.3, 0.4) is 0 Å². The SMILES string of the molecule is CCC(N)c1cccc(C)c1OCC1CC1.Cl. The number of benzene rings is 1. The van der Waals surface area contributed by atoms with Crippen LogP contribution >= 0.6 is 12.4 Å². The van der Waals surface area contributed by atoms with Crippen LogP contribution in [0.2, 0.25) is 0 Å². The number of para-hydroxylation sites is 1. The molecule has 0 aromatic heterocycles. The zero-order valence-electron chi connectivity index (χ0n) is 10.6. The van der Waals surface area contributed by atoms with Gasteiger partial charge >= 0.3 is 0 Å². The fourth-order valence-electron chi connectivity index (χ4n) is 1.87. The number of aryl methyl sites for hydroxylation is 1. The van der Waals surface area contributed by atoms with E-state index in [1.807, 2.05) is 0 Å². The second kappa shape index (κ2) is 6.27. The zero-order valence-corrected chi connectivity index (χ0v) is 11.4. The van der Waals surface area contributed by atoms with Gasteiger partial charge in [0.1, 0.15) is 5.75 Å². The molecule has 1 aliphatic carbocycles. The summed E-state index contributed by atoms with van der Waals surface area (Å²) in [7, 11) is 0. The van der Waals surface area contributed by atoms with E-state index in [1.165, 1.54) is 18.4 Å². The molecule has 1 atom stereocenters. The molecule has 96 valence electrons. The molecular weight excluding hydrogens is 234 g/mol. The normalized spacial score (nSPS) is 16.2. The fraction of sp³-hybridized carbons (Fsp3) is 0.571. The molecule has 0 spiro atoms. The highest BCUT2D eigenvalue weighted by atomic mass is 35.5. The third-order valence-corrected chi connectivity index (χ3v) is 3.24. The molecular formula is C14H22ClNO. The van der Waals surface area contributed by atoms with Crippen molar-refractivity contribution in [1.29, 1.82) is 0 Å². The van der Waals surface area contributed by atoms with E-state index in [9.17, 15) is 0 Å². The molecule has 0 heterocycles. The molecule has 2 nitrogen and oxygen atoms in total. The second-order valence-corrected chi connectivity index (χ2v) is 4.76. The standard InChI is InChI=1S/C14H21NO.ClH/c1-3-13(15)12-6-4-5-10(2)14(12)16-9-11-7-8-11;/h4-6,11,13H,3,7-9,15H2,1-2H3;1H. The van der Waals surface area contributed by atoms with Gasteiger partial charge in [-0.05, 0) is 37.7 Å². The summed E-state index contributed by atoms with van der Waals surface area (Å²) in [5.41, 5.74) is 8.46. The molecule has 3 heteroatoms. The summed E-state index contributed by atoms with van der Waals surface area (Å²) < 4.78 is 5.93. The lowest BCUT2D eigenvalue weighted by atomic mass is 10.0. The number of ether oxygens (including phenoxy) is 1. The van der Waals surface area contributed by atoms with Crippen LogP contribution in [0.4, 0.5) is 0 Å². The van der Waals surface area contributed by atoms with Crippen LogP contribution in [0.1, 0.15) is 43.4 Å². The number of hydrogen-bond donors (Lipinski definition) is 1. The lowest BCUT2D eigenvalue weighted by Gasteiger charge is -2.17. The van der Waals surface area contributed by atoms with Gasteiger partial charge in [0.05, 0.1) is 6.61 Å². The van der Waals surface area contributed by atoms with Crippen molar-refractivity contribution in [3.05, 3.63) is 29.3 Å². The Bertz CT molecular complexity index is 363. The van der Waals surface area contributed by atoms with Crippen LogP contribution < -0.4 is 10.5 Å². The summed E-state index contributed by atoms with van der Waals surface area (Å²) in [5.74, 6) is 1.80. The first-order valence-corrected chi connectivity index (χ1v) is 6.20. The molecule has 1 saturated carbocycles. The summed E-state index contributed by atoms with van der Waals surface area (Å²) in [4.78, 5) is 0. The van der Waals surface area contributed by atoms with E-state index in [2.05, 4.69) is 32.0 Å². The molecule has 1 aromatic carbocycles. The van der Waals surface area contributed by atoms with Gasteiger partial charge in [-0.2, -0.15) is 0 Å². The van der Waals surface area contributed by atoms with E-state index in [-0.39, 0.29) is 18.4 Å². The van der Waals surface area contributed by atoms with Crippen LogP contribution in [-0.2, 0) is 0 Å². The van der Waals surface area contributed by atoms with Crippen molar-refractivity contribution >= 4 is 12.4 Å². The van der Waals surface area contributed by atoms with Crippen molar-refractivity contribution in [3.63, 3.8) is 0 Å². The Hall–Kier alpha value is -0.730. The van der Waals surface area contributed by atoms with Gasteiger partial charge in [0, 0.05) is 11.6 Å². The Kier molecular flexibility index (Phi) is 5.29. The molecule has 0 saturated heterocycles. The maximum atomic E-state index is 6.11. The van der Waals surface area contributed by atoms with Crippen LogP contribution in [0.25, 0.3) is 0 Å². The Labute approximate surface area is 110 Å². The van der Waals surface area contributed by atoms with Crippen LogP contribution in [0.15, 0.2) is 18.2 Å². The molecule has 1 aliphatic rings. The highest BCUT2D eigenvalue weighted by Gasteiger charge is 2.23. The molecule has 2 rings (SSSR count). The molecule has 1 fully saturated rings. The number of hydrogen-bond acceptors (Lipinski definition) is 2. The summed E-state index contributed by atoms with van der Waals surface area (Å²) >= 11 is 0. The summed E-state index contributed by atoms with van der Waals surface area (Å²) in [6, 6.07) is 6.33. The predicted molar refractivity (Wildman–Crippen MR) is 73.9 cm³/mol. The quantitative estimate of drug-likeness (QED) is 0.872. The molecule has 0 aliphatic heterocycles. The summed E-state index contributed by atoms with van der Waals surface area (Å²) in [6.07, 6.45) is 3.59. The molecule has 17 heavy (non-hydrogen) atoms. The average Bonchev–Trinajstić information content (AvgIpc) is 3.10. The van der Waals surface area contributed by atoms with E-state index in [0.29, 0.717) is 0 Å². The van der Waals surface area contributed by atoms with Crippen LogP contribution in [-0.4, -0.2) is 6.61 Å². The van der Waals surface area contributed by atoms with Crippen molar-refractivity contribution < 1.29 is 4.74 Å². The van der Waals surface area contributed by atoms with Gasteiger partial charge in [0.25, 0.3) is 0 Å². The third kappa shape index (κ3) is 3.62. The van der Waals surface area contributed by atoms with Crippen molar-refractivity contribution in [3.8, 4) is 5.75 Å². The van der Waals surface area contributed by atoms with Gasteiger partial charge in [0.15, 0.2) is 0 Å². The summed E-state index contributed by atoms with van der Waals surface area (Å²) in [5, 5.41) is 0. The first-order valence-electron chi connectivity index (χ1n) is 6.20. The average molecular weight is 256 g/mol. The topological polar surface area (TPSA) is 35.2 Å². The van der Waals surface area contributed by atoms with Gasteiger partial charge < -0.3 is 10.5 Å². The zero-order chi connectivity index (χ0) is 11.5. The minimum Gasteiger partial charge on any atom is -0.493 e. The lowest BCUT2D eigenvalue weighted by Crippen LogP contribution is -2.12. The predicted octanol–water partition coefficient (Wildman–Crippen LogP) is 3.62. The molecule has 0 amide bonds. The fourth-order valence-corrected chi connectivity index (χ4v) is 1.87. The lowest BCUT2D eigenvalue weighted by molar-refractivity contribution is 0.293. The first-order chi connectivity index (χ1) is 7.72. The van der Waals surface area contributed by atoms with E-state index in [0.717, 1.165) is 30.3 Å². The van der Waals surface area contributed by atoms with Crippen LogP contribution in [0, 0.1) is 12.8 Å². The summed E-state index contributed by atoms with van der Waals surface area (Å²) in [6.45, 7) is 5.06. The van der Waals surface area contributed by atoms with E-state index in [1.54, 1.807) is 0 Å². The monoisotopic (exact) mass is 255 g/mol. The van der Waals surface area contributed by atoms with Gasteiger partial charge in [-0.15, -0.1) is 12.4 Å². The largest absolute Gasteiger partial charge is 0.493 e. The van der Waals surface area contributed by atoms with Gasteiger partial charge in [0.2, 0.25) is 0 Å². The van der Waals surface area contributed by atoms with Gasteiger partial charge in [-0.25, -0.2) is 0 Å². The molecule has 2 N–H and O–H groups in total. The third-order valence-electron chi connectivity index (χ3n) is 3.24. The van der Waals surface area contributed by atoms with E-state index >= 15 is 0 Å². The second-order valence-electron chi connectivity index (χ2n) is 4.76. The first kappa shape index (κ1) is 14.3. The van der Waals surface area contributed by atoms with Gasteiger partial charge in [-0.1, -0.05) is 25.1 Å². The highest BCUT2D eigenvalue weighted by molar-refractivity contribution is 5.85. The molecule has 0 bridgehead atoms. The smallest absolute Gasteiger partial charge is 0.126 e. The molecule has 1 unspecified atom stereocenters. The number of halogens is 1. The van der Waals surface area contributed by atoms with Crippen molar-refractivity contribution in [2.75, 3.05) is 6.61 Å². The molecule has 1 aromatic rings. The minimum absolute atomic E-state index is 0. The Morgan fingerprint density at radius 2 is 2.12 bits per heavy atom. The van der Waals surface area contributed by atoms with Gasteiger partial charge in [-0.3, -0.25) is 0 Å². The Morgan fingerprint density at radius 1 is 1.41 bits per heavy atom. The maximum Gasteiger partial charge on any atom is 0.126 e. The van der Waals surface area contributed by atoms with Crippen molar-refractivity contribution in [2.45, 2.75) is 39.2 Å². The van der Waals surface area contributed by atoms with Crippen molar-refractivity contribution in [2.24, 2.45) is 11.7 Å². The Balaban J connectivity index is 0.00000144. The van der Waals surface area contributed by atoms with E-state index < -0.39 is 0 Å². The number of nitrogens with two attached hydrogens (primary N) is 1. The van der Waals surface area contributed by atoms with Crippen LogP contribution in [0.5, 0.6) is 5.75 Å².